The summed E-state index contributed by atoms with van der Waals surface area (Å²) in [6.45, 7) is 0.341. The first kappa shape index (κ1) is 24.5. The number of carbonyl (C=O) groups excluding carboxylic acids is 1. The van der Waals surface area contributed by atoms with E-state index >= 15 is 0 Å². The summed E-state index contributed by atoms with van der Waals surface area (Å²) < 4.78 is 70.1. The number of piperidine rings is 1. The molecule has 0 bridgehead atoms. The summed E-state index contributed by atoms with van der Waals surface area (Å²) in [6.07, 6.45) is -3.09. The van der Waals surface area contributed by atoms with Crippen LogP contribution in [-0.4, -0.2) is 56.1 Å². The molecule has 1 atom stereocenters. The van der Waals surface area contributed by atoms with Gasteiger partial charge in [0, 0.05) is 19.6 Å². The number of amides is 1. The highest BCUT2D eigenvalue weighted by Crippen LogP contribution is 2.30. The molecule has 1 aliphatic rings. The number of nitrogens with zero attached hydrogens (tertiary/aromatic N) is 1. The fraction of sp³-hybridized carbons (Fsp3) is 0.450. The van der Waals surface area contributed by atoms with Crippen LogP contribution in [0.1, 0.15) is 34.5 Å². The van der Waals surface area contributed by atoms with E-state index in [1.54, 1.807) is 0 Å². The van der Waals surface area contributed by atoms with Crippen molar-refractivity contribution >= 4 is 27.3 Å². The van der Waals surface area contributed by atoms with E-state index in [0.29, 0.717) is 13.1 Å². The first-order valence-electron chi connectivity index (χ1n) is 9.93. The maximum Gasteiger partial charge on any atom is 0.416 e. The van der Waals surface area contributed by atoms with E-state index in [1.807, 2.05) is 0 Å². The molecule has 0 spiro atoms. The van der Waals surface area contributed by atoms with Gasteiger partial charge in [0.15, 0.2) is 0 Å². The predicted octanol–water partition coefficient (Wildman–Crippen LogP) is 3.11. The Hall–Kier alpha value is -2.15. The number of hydrogen-bond donors (Lipinski definition) is 2. The van der Waals surface area contributed by atoms with Gasteiger partial charge in [-0.05, 0) is 48.6 Å². The Labute approximate surface area is 187 Å². The zero-order valence-corrected chi connectivity index (χ0v) is 18.6. The molecule has 1 aromatic heterocycles. The summed E-state index contributed by atoms with van der Waals surface area (Å²) in [5, 5.41) is 14.0. The first-order chi connectivity index (χ1) is 15.1. The molecule has 1 fully saturated rings. The molecule has 2 heterocycles. The van der Waals surface area contributed by atoms with Crippen molar-refractivity contribution < 1.29 is 36.2 Å². The zero-order chi connectivity index (χ0) is 23.4. The van der Waals surface area contributed by atoms with Crippen LogP contribution in [0.25, 0.3) is 0 Å². The molecular formula is C20H23F3N2O5S2. The summed E-state index contributed by atoms with van der Waals surface area (Å²) in [5.41, 5.74) is -0.816. The minimum Gasteiger partial charge on any atom is -0.491 e. The lowest BCUT2D eigenvalue weighted by Crippen LogP contribution is -2.38. The molecule has 0 aliphatic carbocycles. The quantitative estimate of drug-likeness (QED) is 0.591. The van der Waals surface area contributed by atoms with Gasteiger partial charge in [0.25, 0.3) is 5.91 Å². The molecule has 0 saturated carbocycles. The Morgan fingerprint density at radius 1 is 1.16 bits per heavy atom. The molecule has 2 aromatic rings. The van der Waals surface area contributed by atoms with Crippen molar-refractivity contribution in [3.63, 3.8) is 0 Å². The highest BCUT2D eigenvalue weighted by Gasteiger charge is 2.31. The molecule has 1 amide bonds. The number of sulfonamides is 1. The normalized spacial score (nSPS) is 16.5. The minimum absolute atomic E-state index is 0.0337. The summed E-state index contributed by atoms with van der Waals surface area (Å²) in [7, 11) is -3.78. The third kappa shape index (κ3) is 6.00. The van der Waals surface area contributed by atoms with Crippen LogP contribution in [0.5, 0.6) is 5.75 Å². The third-order valence-electron chi connectivity index (χ3n) is 4.89. The molecule has 2 N–H and O–H groups in total. The van der Waals surface area contributed by atoms with Crippen LogP contribution in [0, 0.1) is 0 Å². The van der Waals surface area contributed by atoms with Crippen LogP contribution in [0.3, 0.4) is 0 Å². The number of nitrogens with one attached hydrogen (secondary N) is 1. The second-order valence-corrected chi connectivity index (χ2v) is 10.1. The fourth-order valence-corrected chi connectivity index (χ4v) is 6.03. The van der Waals surface area contributed by atoms with Crippen molar-refractivity contribution in [3.8, 4) is 5.75 Å². The molecule has 1 unspecified atom stereocenters. The van der Waals surface area contributed by atoms with Gasteiger partial charge in [-0.2, -0.15) is 17.5 Å². The van der Waals surface area contributed by atoms with Crippen LogP contribution in [0.4, 0.5) is 13.2 Å². The maximum absolute atomic E-state index is 12.9. The number of carbonyl (C=O) groups is 1. The van der Waals surface area contributed by atoms with Gasteiger partial charge in [-0.15, -0.1) is 11.3 Å². The average Bonchev–Trinajstić information content (AvgIpc) is 3.27. The Kier molecular flexibility index (Phi) is 7.80. The van der Waals surface area contributed by atoms with Crippen LogP contribution in [-0.2, 0) is 16.2 Å². The number of rotatable bonds is 8. The minimum atomic E-state index is -4.45. The van der Waals surface area contributed by atoms with Gasteiger partial charge in [0.2, 0.25) is 10.0 Å². The number of thiophene rings is 1. The number of aliphatic hydroxyl groups is 1. The topological polar surface area (TPSA) is 95.9 Å². The van der Waals surface area contributed by atoms with E-state index in [2.05, 4.69) is 5.32 Å². The zero-order valence-electron chi connectivity index (χ0n) is 17.0. The Morgan fingerprint density at radius 2 is 1.81 bits per heavy atom. The Balaban J connectivity index is 1.53. The Morgan fingerprint density at radius 3 is 2.44 bits per heavy atom. The maximum atomic E-state index is 12.9. The van der Waals surface area contributed by atoms with Gasteiger partial charge in [0.05, 0.1) is 5.56 Å². The lowest BCUT2D eigenvalue weighted by molar-refractivity contribution is -0.137. The summed E-state index contributed by atoms with van der Waals surface area (Å²) in [5.74, 6) is -0.499. The number of halogens is 3. The van der Waals surface area contributed by atoms with Crippen molar-refractivity contribution in [3.05, 3.63) is 46.2 Å². The second kappa shape index (κ2) is 10.2. The SMILES string of the molecule is O=C(NCC(O)COc1ccc(C(F)(F)F)cc1)c1sccc1S(=O)(=O)N1CCCCC1. The van der Waals surface area contributed by atoms with Gasteiger partial charge in [-0.25, -0.2) is 8.42 Å². The molecule has 3 rings (SSSR count). The van der Waals surface area contributed by atoms with Crippen molar-refractivity contribution in [2.75, 3.05) is 26.2 Å². The summed E-state index contributed by atoms with van der Waals surface area (Å²) in [4.78, 5) is 12.5. The van der Waals surface area contributed by atoms with E-state index in [0.717, 1.165) is 54.9 Å². The first-order valence-corrected chi connectivity index (χ1v) is 12.2. The molecular weight excluding hydrogens is 469 g/mol. The van der Waals surface area contributed by atoms with Gasteiger partial charge in [-0.3, -0.25) is 4.79 Å². The Bertz CT molecular complexity index is 1020. The van der Waals surface area contributed by atoms with E-state index < -0.39 is 33.8 Å². The van der Waals surface area contributed by atoms with Crippen molar-refractivity contribution in [2.24, 2.45) is 0 Å². The highest BCUT2D eigenvalue weighted by atomic mass is 32.2. The fourth-order valence-electron chi connectivity index (χ4n) is 3.19. The van der Waals surface area contributed by atoms with E-state index in [-0.39, 0.29) is 28.7 Å². The lowest BCUT2D eigenvalue weighted by atomic mass is 10.2. The van der Waals surface area contributed by atoms with Crippen LogP contribution in [0.15, 0.2) is 40.6 Å². The molecule has 0 radical (unpaired) electrons. The number of hydrogen-bond acceptors (Lipinski definition) is 6. The van der Waals surface area contributed by atoms with E-state index in [1.165, 1.54) is 15.8 Å². The third-order valence-corrected chi connectivity index (χ3v) is 7.87. The molecule has 1 aliphatic heterocycles. The molecule has 32 heavy (non-hydrogen) atoms. The van der Waals surface area contributed by atoms with Crippen molar-refractivity contribution in [1.82, 2.24) is 9.62 Å². The van der Waals surface area contributed by atoms with E-state index in [9.17, 15) is 31.5 Å². The van der Waals surface area contributed by atoms with Gasteiger partial charge >= 0.3 is 6.18 Å². The summed E-state index contributed by atoms with van der Waals surface area (Å²) in [6, 6.07) is 5.40. The number of aliphatic hydroxyl groups excluding tert-OH is 1. The standard InChI is InChI=1S/C20H23F3N2O5S2/c21-20(22,23)14-4-6-16(7-5-14)30-13-15(26)12-24-19(27)18-17(8-11-31-18)32(28,29)25-9-2-1-3-10-25/h4-8,11,15,26H,1-3,9-10,12-13H2,(H,24,27). The van der Waals surface area contributed by atoms with Crippen molar-refractivity contribution in [1.29, 1.82) is 0 Å². The predicted molar refractivity (Wildman–Crippen MR) is 112 cm³/mol. The largest absolute Gasteiger partial charge is 0.491 e. The second-order valence-electron chi connectivity index (χ2n) is 7.28. The molecule has 1 aromatic carbocycles. The summed E-state index contributed by atoms with van der Waals surface area (Å²) >= 11 is 0.991. The number of alkyl halides is 3. The average molecular weight is 493 g/mol. The van der Waals surface area contributed by atoms with Crippen molar-refractivity contribution in [2.45, 2.75) is 36.4 Å². The molecule has 12 heteroatoms. The van der Waals surface area contributed by atoms with Crippen LogP contribution >= 0.6 is 11.3 Å². The van der Waals surface area contributed by atoms with Gasteiger partial charge in [-0.1, -0.05) is 6.42 Å². The van der Waals surface area contributed by atoms with E-state index in [4.69, 9.17) is 4.74 Å². The molecule has 7 nitrogen and oxygen atoms in total. The monoisotopic (exact) mass is 492 g/mol. The number of benzene rings is 1. The number of ether oxygens (including phenoxy) is 1. The lowest BCUT2D eigenvalue weighted by Gasteiger charge is -2.25. The highest BCUT2D eigenvalue weighted by molar-refractivity contribution is 7.89. The van der Waals surface area contributed by atoms with Gasteiger partial charge < -0.3 is 15.2 Å². The van der Waals surface area contributed by atoms with Crippen LogP contribution < -0.4 is 10.1 Å². The molecule has 176 valence electrons. The molecule has 1 saturated heterocycles. The van der Waals surface area contributed by atoms with Gasteiger partial charge in [0.1, 0.15) is 28.2 Å². The van der Waals surface area contributed by atoms with Crippen LogP contribution in [0.2, 0.25) is 0 Å². The smallest absolute Gasteiger partial charge is 0.416 e.